The van der Waals surface area contributed by atoms with Gasteiger partial charge in [-0.05, 0) is 49.2 Å². The van der Waals surface area contributed by atoms with Gasteiger partial charge in [-0.1, -0.05) is 18.2 Å². The molecule has 1 fully saturated rings. The van der Waals surface area contributed by atoms with E-state index in [-0.39, 0.29) is 11.7 Å². The molecular weight excluding hydrogens is 331 g/mol. The second-order valence-corrected chi connectivity index (χ2v) is 6.66. The van der Waals surface area contributed by atoms with E-state index in [4.69, 9.17) is 4.74 Å². The van der Waals surface area contributed by atoms with Gasteiger partial charge >= 0.3 is 0 Å². The van der Waals surface area contributed by atoms with Crippen molar-refractivity contribution in [2.24, 2.45) is 0 Å². The minimum absolute atomic E-state index is 0.0852. The van der Waals surface area contributed by atoms with Crippen LogP contribution in [-0.2, 0) is 4.79 Å². The van der Waals surface area contributed by atoms with E-state index < -0.39 is 0 Å². The SMILES string of the molecule is Cc1ccc(OCCC(=O)N2CCN(c3ccccc3F)CC2)cc1C. The van der Waals surface area contributed by atoms with E-state index in [1.54, 1.807) is 12.1 Å². The molecule has 2 aromatic carbocycles. The lowest BCUT2D eigenvalue weighted by Crippen LogP contribution is -2.49. The summed E-state index contributed by atoms with van der Waals surface area (Å²) in [7, 11) is 0. The molecule has 5 heteroatoms. The van der Waals surface area contributed by atoms with E-state index in [9.17, 15) is 9.18 Å². The lowest BCUT2D eigenvalue weighted by atomic mass is 10.1. The Bertz CT molecular complexity index is 770. The summed E-state index contributed by atoms with van der Waals surface area (Å²) in [6.45, 7) is 6.98. The molecule has 0 spiro atoms. The molecule has 3 rings (SSSR count). The van der Waals surface area contributed by atoms with Crippen LogP contribution in [0.3, 0.4) is 0 Å². The molecule has 1 aliphatic rings. The lowest BCUT2D eigenvalue weighted by molar-refractivity contribution is -0.132. The minimum Gasteiger partial charge on any atom is -0.493 e. The van der Waals surface area contributed by atoms with Crippen molar-refractivity contribution in [1.29, 1.82) is 0 Å². The number of hydrogen-bond donors (Lipinski definition) is 0. The Labute approximate surface area is 154 Å². The Hall–Kier alpha value is -2.56. The number of rotatable bonds is 5. The molecule has 0 aliphatic carbocycles. The standard InChI is InChI=1S/C21H25FN2O2/c1-16-7-8-18(15-17(16)2)26-14-9-21(25)24-12-10-23(11-13-24)20-6-4-3-5-19(20)22/h3-8,15H,9-14H2,1-2H3. The maximum Gasteiger partial charge on any atom is 0.226 e. The predicted molar refractivity (Wildman–Crippen MR) is 101 cm³/mol. The molecule has 1 amide bonds. The second kappa shape index (κ2) is 8.21. The maximum absolute atomic E-state index is 13.9. The van der Waals surface area contributed by atoms with Gasteiger partial charge in [-0.3, -0.25) is 4.79 Å². The highest BCUT2D eigenvalue weighted by Crippen LogP contribution is 2.20. The van der Waals surface area contributed by atoms with Crippen molar-refractivity contribution < 1.29 is 13.9 Å². The largest absolute Gasteiger partial charge is 0.493 e. The fraction of sp³-hybridized carbons (Fsp3) is 0.381. The number of aryl methyl sites for hydroxylation is 2. The summed E-state index contributed by atoms with van der Waals surface area (Å²) in [6.07, 6.45) is 0.354. The van der Waals surface area contributed by atoms with E-state index in [1.807, 2.05) is 41.0 Å². The normalized spacial score (nSPS) is 14.4. The number of halogens is 1. The molecule has 0 unspecified atom stereocenters. The molecule has 0 saturated carbocycles. The zero-order valence-electron chi connectivity index (χ0n) is 15.4. The van der Waals surface area contributed by atoms with Gasteiger partial charge in [0.25, 0.3) is 0 Å². The van der Waals surface area contributed by atoms with Crippen LogP contribution >= 0.6 is 0 Å². The smallest absolute Gasteiger partial charge is 0.226 e. The van der Waals surface area contributed by atoms with Crippen LogP contribution in [-0.4, -0.2) is 43.6 Å². The number of carbonyl (C=O) groups excluding carboxylic acids is 1. The first-order valence-electron chi connectivity index (χ1n) is 9.02. The van der Waals surface area contributed by atoms with Crippen molar-refractivity contribution in [3.8, 4) is 5.75 Å². The summed E-state index contributed by atoms with van der Waals surface area (Å²) >= 11 is 0. The van der Waals surface area contributed by atoms with Crippen LogP contribution < -0.4 is 9.64 Å². The summed E-state index contributed by atoms with van der Waals surface area (Å²) in [4.78, 5) is 16.2. The number of benzene rings is 2. The highest BCUT2D eigenvalue weighted by Gasteiger charge is 2.22. The molecule has 138 valence electrons. The molecule has 0 N–H and O–H groups in total. The predicted octanol–water partition coefficient (Wildman–Crippen LogP) is 3.56. The fourth-order valence-electron chi connectivity index (χ4n) is 3.12. The molecule has 4 nitrogen and oxygen atoms in total. The Morgan fingerprint density at radius 2 is 1.77 bits per heavy atom. The third-order valence-electron chi connectivity index (χ3n) is 4.89. The van der Waals surface area contributed by atoms with Crippen molar-refractivity contribution in [3.63, 3.8) is 0 Å². The van der Waals surface area contributed by atoms with Gasteiger partial charge < -0.3 is 14.5 Å². The van der Waals surface area contributed by atoms with Gasteiger partial charge in [0.15, 0.2) is 0 Å². The number of carbonyl (C=O) groups is 1. The van der Waals surface area contributed by atoms with Crippen LogP contribution in [0.5, 0.6) is 5.75 Å². The van der Waals surface area contributed by atoms with Gasteiger partial charge in [0, 0.05) is 26.2 Å². The Morgan fingerprint density at radius 3 is 2.46 bits per heavy atom. The maximum atomic E-state index is 13.9. The third-order valence-corrected chi connectivity index (χ3v) is 4.89. The minimum atomic E-state index is -0.214. The molecule has 26 heavy (non-hydrogen) atoms. The van der Waals surface area contributed by atoms with Crippen LogP contribution in [0.1, 0.15) is 17.5 Å². The van der Waals surface area contributed by atoms with Gasteiger partial charge in [0.05, 0.1) is 18.7 Å². The first-order valence-corrected chi connectivity index (χ1v) is 9.02. The van der Waals surface area contributed by atoms with Crippen LogP contribution in [0.25, 0.3) is 0 Å². The van der Waals surface area contributed by atoms with Gasteiger partial charge in [-0.25, -0.2) is 4.39 Å². The number of ether oxygens (including phenoxy) is 1. The third kappa shape index (κ3) is 4.34. The highest BCUT2D eigenvalue weighted by molar-refractivity contribution is 5.76. The number of nitrogens with zero attached hydrogens (tertiary/aromatic N) is 2. The van der Waals surface area contributed by atoms with Crippen LogP contribution in [0, 0.1) is 19.7 Å². The number of para-hydroxylation sites is 1. The Balaban J connectivity index is 1.45. The molecule has 0 bridgehead atoms. The highest BCUT2D eigenvalue weighted by atomic mass is 19.1. The molecular formula is C21H25FN2O2. The Morgan fingerprint density at radius 1 is 1.04 bits per heavy atom. The Kier molecular flexibility index (Phi) is 5.76. The van der Waals surface area contributed by atoms with E-state index in [0.717, 1.165) is 5.75 Å². The molecule has 1 saturated heterocycles. The average Bonchev–Trinajstić information content (AvgIpc) is 2.65. The zero-order chi connectivity index (χ0) is 18.5. The number of hydrogen-bond acceptors (Lipinski definition) is 3. The lowest BCUT2D eigenvalue weighted by Gasteiger charge is -2.36. The number of amides is 1. The molecule has 0 aromatic heterocycles. The second-order valence-electron chi connectivity index (χ2n) is 6.66. The van der Waals surface area contributed by atoms with Crippen molar-refractivity contribution in [1.82, 2.24) is 4.90 Å². The van der Waals surface area contributed by atoms with E-state index in [1.165, 1.54) is 17.2 Å². The van der Waals surface area contributed by atoms with Crippen LogP contribution in [0.4, 0.5) is 10.1 Å². The van der Waals surface area contributed by atoms with Gasteiger partial charge in [0.2, 0.25) is 5.91 Å². The van der Waals surface area contributed by atoms with Crippen molar-refractivity contribution in [3.05, 3.63) is 59.4 Å². The first-order chi connectivity index (χ1) is 12.5. The van der Waals surface area contributed by atoms with Gasteiger partial charge in [-0.2, -0.15) is 0 Å². The summed E-state index contributed by atoms with van der Waals surface area (Å²) in [5.74, 6) is 0.668. The first kappa shape index (κ1) is 18.2. The summed E-state index contributed by atoms with van der Waals surface area (Å²) in [5, 5.41) is 0. The average molecular weight is 356 g/mol. The van der Waals surface area contributed by atoms with E-state index in [0.29, 0.717) is 44.9 Å². The van der Waals surface area contributed by atoms with E-state index >= 15 is 0 Å². The monoisotopic (exact) mass is 356 g/mol. The molecule has 1 heterocycles. The van der Waals surface area contributed by atoms with E-state index in [2.05, 4.69) is 6.92 Å². The summed E-state index contributed by atoms with van der Waals surface area (Å²) < 4.78 is 19.6. The number of anilines is 1. The summed E-state index contributed by atoms with van der Waals surface area (Å²) in [6, 6.07) is 12.7. The zero-order valence-corrected chi connectivity index (χ0v) is 15.4. The van der Waals surface area contributed by atoms with Crippen molar-refractivity contribution in [2.75, 3.05) is 37.7 Å². The van der Waals surface area contributed by atoms with Crippen LogP contribution in [0.2, 0.25) is 0 Å². The molecule has 1 aliphatic heterocycles. The fourth-order valence-corrected chi connectivity index (χ4v) is 3.12. The van der Waals surface area contributed by atoms with Gasteiger partial charge in [0.1, 0.15) is 11.6 Å². The quantitative estimate of drug-likeness (QED) is 0.821. The number of piperazine rings is 1. The van der Waals surface area contributed by atoms with Crippen LogP contribution in [0.15, 0.2) is 42.5 Å². The van der Waals surface area contributed by atoms with Gasteiger partial charge in [-0.15, -0.1) is 0 Å². The molecule has 0 radical (unpaired) electrons. The molecule has 2 aromatic rings. The molecule has 0 atom stereocenters. The van der Waals surface area contributed by atoms with Crippen molar-refractivity contribution >= 4 is 11.6 Å². The summed E-state index contributed by atoms with van der Waals surface area (Å²) in [5.41, 5.74) is 3.01. The topological polar surface area (TPSA) is 32.8 Å². The van der Waals surface area contributed by atoms with Crippen molar-refractivity contribution in [2.45, 2.75) is 20.3 Å².